The Morgan fingerprint density at radius 1 is 1.57 bits per heavy atom. The molecule has 74 valence electrons. The van der Waals surface area contributed by atoms with Gasteiger partial charge in [-0.1, -0.05) is 0 Å². The Morgan fingerprint density at radius 3 is 3.00 bits per heavy atom. The zero-order valence-corrected chi connectivity index (χ0v) is 8.26. The third kappa shape index (κ3) is 2.00. The van der Waals surface area contributed by atoms with Crippen LogP contribution < -0.4 is 10.6 Å². The minimum absolute atomic E-state index is 0.196. The molecule has 0 spiro atoms. The van der Waals surface area contributed by atoms with E-state index in [0.29, 0.717) is 6.54 Å². The zero-order chi connectivity index (χ0) is 9.97. The summed E-state index contributed by atoms with van der Waals surface area (Å²) in [5.74, 6) is -0.414. The summed E-state index contributed by atoms with van der Waals surface area (Å²) in [7, 11) is 0. The highest BCUT2D eigenvalue weighted by molar-refractivity contribution is 7.07. The Balaban J connectivity index is 1.87. The highest BCUT2D eigenvalue weighted by atomic mass is 32.1. The van der Waals surface area contributed by atoms with Gasteiger partial charge in [0.15, 0.2) is 0 Å². The molecule has 5 heteroatoms. The van der Waals surface area contributed by atoms with Crippen molar-refractivity contribution in [3.63, 3.8) is 0 Å². The Labute approximate surface area is 85.3 Å². The first kappa shape index (κ1) is 9.36. The predicted molar refractivity (Wildman–Crippen MR) is 52.7 cm³/mol. The van der Waals surface area contributed by atoms with E-state index < -0.39 is 0 Å². The summed E-state index contributed by atoms with van der Waals surface area (Å²) in [5.41, 5.74) is 1.14. The number of rotatable bonds is 3. The molecule has 0 radical (unpaired) electrons. The van der Waals surface area contributed by atoms with Gasteiger partial charge in [0.1, 0.15) is 0 Å². The molecule has 1 saturated heterocycles. The van der Waals surface area contributed by atoms with Crippen LogP contribution in [0, 0.1) is 0 Å². The summed E-state index contributed by atoms with van der Waals surface area (Å²) in [5, 5.41) is 9.30. The molecule has 2 rings (SSSR count). The first-order valence-electron chi connectivity index (χ1n) is 4.34. The Hall–Kier alpha value is -1.20. The van der Waals surface area contributed by atoms with Crippen molar-refractivity contribution in [1.29, 1.82) is 0 Å². The molecule has 4 nitrogen and oxygen atoms in total. The van der Waals surface area contributed by atoms with Crippen molar-refractivity contribution < 1.29 is 9.59 Å². The van der Waals surface area contributed by atoms with Crippen LogP contribution in [-0.4, -0.2) is 17.9 Å². The first-order valence-corrected chi connectivity index (χ1v) is 5.28. The van der Waals surface area contributed by atoms with Gasteiger partial charge in [-0.3, -0.25) is 14.9 Å². The van der Waals surface area contributed by atoms with Gasteiger partial charge in [0, 0.05) is 6.54 Å². The topological polar surface area (TPSA) is 58.2 Å². The number of carbonyl (C=O) groups excluding carboxylic acids is 2. The Bertz CT molecular complexity index is 348. The van der Waals surface area contributed by atoms with Gasteiger partial charge >= 0.3 is 0 Å². The lowest BCUT2D eigenvalue weighted by Gasteiger charge is -2.06. The van der Waals surface area contributed by atoms with Crippen LogP contribution in [0.15, 0.2) is 16.8 Å². The molecule has 0 bridgehead atoms. The van der Waals surface area contributed by atoms with Crippen LogP contribution in [-0.2, 0) is 16.1 Å². The maximum absolute atomic E-state index is 11.2. The molecular weight excluding hydrogens is 200 g/mol. The molecule has 1 aromatic heterocycles. The number of carbonyl (C=O) groups is 2. The van der Waals surface area contributed by atoms with Crippen LogP contribution in [0.4, 0.5) is 0 Å². The second-order valence-corrected chi connectivity index (χ2v) is 3.96. The molecule has 0 aliphatic carbocycles. The number of nitrogens with one attached hydrogen (secondary N) is 2. The average molecular weight is 210 g/mol. The quantitative estimate of drug-likeness (QED) is 0.703. The third-order valence-corrected chi connectivity index (χ3v) is 2.83. The number of thiophene rings is 1. The van der Waals surface area contributed by atoms with E-state index >= 15 is 0 Å². The van der Waals surface area contributed by atoms with Crippen LogP contribution >= 0.6 is 11.3 Å². The van der Waals surface area contributed by atoms with Gasteiger partial charge in [-0.2, -0.15) is 11.3 Å². The lowest BCUT2D eigenvalue weighted by Crippen LogP contribution is -2.35. The van der Waals surface area contributed by atoms with Crippen molar-refractivity contribution in [2.75, 3.05) is 0 Å². The van der Waals surface area contributed by atoms with E-state index in [4.69, 9.17) is 0 Å². The molecule has 1 aromatic rings. The minimum Gasteiger partial charge on any atom is -0.301 e. The summed E-state index contributed by atoms with van der Waals surface area (Å²) < 4.78 is 0. The van der Waals surface area contributed by atoms with Crippen molar-refractivity contribution in [1.82, 2.24) is 10.6 Å². The van der Waals surface area contributed by atoms with Crippen LogP contribution in [0.1, 0.15) is 12.0 Å². The van der Waals surface area contributed by atoms with Crippen molar-refractivity contribution in [3.05, 3.63) is 22.4 Å². The fraction of sp³-hybridized carbons (Fsp3) is 0.333. The molecule has 1 unspecified atom stereocenters. The van der Waals surface area contributed by atoms with Gasteiger partial charge < -0.3 is 5.32 Å². The van der Waals surface area contributed by atoms with E-state index in [9.17, 15) is 9.59 Å². The van der Waals surface area contributed by atoms with Gasteiger partial charge in [-0.05, 0) is 22.4 Å². The van der Waals surface area contributed by atoms with Crippen molar-refractivity contribution in [2.24, 2.45) is 0 Å². The Morgan fingerprint density at radius 2 is 2.43 bits per heavy atom. The summed E-state index contributed by atoms with van der Waals surface area (Å²) in [6.07, 6.45) is 0.253. The number of hydrogen-bond acceptors (Lipinski definition) is 4. The molecular formula is C9H10N2O2S. The Kier molecular flexibility index (Phi) is 2.60. The average Bonchev–Trinajstić information content (AvgIpc) is 2.72. The fourth-order valence-corrected chi connectivity index (χ4v) is 2.02. The minimum atomic E-state index is -0.359. The number of imide groups is 1. The van der Waals surface area contributed by atoms with E-state index in [1.807, 2.05) is 16.8 Å². The van der Waals surface area contributed by atoms with E-state index in [-0.39, 0.29) is 24.3 Å². The SMILES string of the molecule is O=C1CC(NCc2ccsc2)C(=O)N1. The van der Waals surface area contributed by atoms with Gasteiger partial charge in [0.2, 0.25) is 11.8 Å². The maximum Gasteiger partial charge on any atom is 0.244 e. The molecule has 1 aliphatic rings. The molecule has 14 heavy (non-hydrogen) atoms. The summed E-state index contributed by atoms with van der Waals surface area (Å²) >= 11 is 1.62. The van der Waals surface area contributed by atoms with Gasteiger partial charge in [0.25, 0.3) is 0 Å². The summed E-state index contributed by atoms with van der Waals surface area (Å²) in [6.45, 7) is 0.634. The normalized spacial score (nSPS) is 21.3. The molecule has 2 amide bonds. The van der Waals surface area contributed by atoms with Crippen LogP contribution in [0.3, 0.4) is 0 Å². The number of hydrogen-bond donors (Lipinski definition) is 2. The summed E-state index contributed by atoms with van der Waals surface area (Å²) in [4.78, 5) is 22.0. The highest BCUT2D eigenvalue weighted by Crippen LogP contribution is 2.07. The van der Waals surface area contributed by atoms with Crippen molar-refractivity contribution in [2.45, 2.75) is 19.0 Å². The maximum atomic E-state index is 11.2. The van der Waals surface area contributed by atoms with Crippen LogP contribution in [0.25, 0.3) is 0 Å². The lowest BCUT2D eigenvalue weighted by atomic mass is 10.2. The monoisotopic (exact) mass is 210 g/mol. The van der Waals surface area contributed by atoms with Crippen LogP contribution in [0.2, 0.25) is 0 Å². The molecule has 1 atom stereocenters. The van der Waals surface area contributed by atoms with E-state index in [2.05, 4.69) is 10.6 Å². The second-order valence-electron chi connectivity index (χ2n) is 3.18. The van der Waals surface area contributed by atoms with Crippen LogP contribution in [0.5, 0.6) is 0 Å². The van der Waals surface area contributed by atoms with E-state index in [0.717, 1.165) is 5.56 Å². The summed E-state index contributed by atoms with van der Waals surface area (Å²) in [6, 6.07) is 1.63. The molecule has 2 heterocycles. The standard InChI is InChI=1S/C9H10N2O2S/c12-8-3-7(9(13)11-8)10-4-6-1-2-14-5-6/h1-2,5,7,10H,3-4H2,(H,11,12,13). The largest absolute Gasteiger partial charge is 0.301 e. The van der Waals surface area contributed by atoms with Crippen molar-refractivity contribution >= 4 is 23.2 Å². The van der Waals surface area contributed by atoms with Gasteiger partial charge in [0.05, 0.1) is 12.5 Å². The van der Waals surface area contributed by atoms with E-state index in [1.54, 1.807) is 11.3 Å². The van der Waals surface area contributed by atoms with Crippen molar-refractivity contribution in [3.8, 4) is 0 Å². The first-order chi connectivity index (χ1) is 6.75. The fourth-order valence-electron chi connectivity index (χ4n) is 1.35. The third-order valence-electron chi connectivity index (χ3n) is 2.10. The smallest absolute Gasteiger partial charge is 0.244 e. The number of amides is 2. The molecule has 1 aliphatic heterocycles. The predicted octanol–water partition coefficient (Wildman–Crippen LogP) is 0.253. The van der Waals surface area contributed by atoms with Gasteiger partial charge in [-0.25, -0.2) is 0 Å². The van der Waals surface area contributed by atoms with E-state index in [1.165, 1.54) is 0 Å². The van der Waals surface area contributed by atoms with Gasteiger partial charge in [-0.15, -0.1) is 0 Å². The molecule has 1 fully saturated rings. The second kappa shape index (κ2) is 3.89. The lowest BCUT2D eigenvalue weighted by molar-refractivity contribution is -0.125. The molecule has 0 aromatic carbocycles. The molecule has 0 saturated carbocycles. The highest BCUT2D eigenvalue weighted by Gasteiger charge is 2.29. The zero-order valence-electron chi connectivity index (χ0n) is 7.45. The molecule has 2 N–H and O–H groups in total.